The molecule has 0 spiro atoms. The molecule has 1 fully saturated rings. The number of piperazine rings is 1. The molecule has 2 aromatic rings. The van der Waals surface area contributed by atoms with E-state index in [0.29, 0.717) is 18.9 Å². The minimum absolute atomic E-state index is 0.0470. The minimum atomic E-state index is -3.80. The third kappa shape index (κ3) is 6.08. The Morgan fingerprint density at radius 1 is 0.939 bits per heavy atom. The lowest BCUT2D eigenvalue weighted by Gasteiger charge is -2.34. The summed E-state index contributed by atoms with van der Waals surface area (Å²) in [7, 11) is -0.897. The van der Waals surface area contributed by atoms with Crippen molar-refractivity contribution in [3.05, 3.63) is 47.5 Å². The molecule has 2 aromatic carbocycles. The van der Waals surface area contributed by atoms with Crippen molar-refractivity contribution in [2.24, 2.45) is 0 Å². The Bertz CT molecular complexity index is 1060. The van der Waals surface area contributed by atoms with Crippen LogP contribution in [0.4, 0.5) is 4.79 Å². The molecule has 1 aliphatic heterocycles. The average molecular weight is 478 g/mol. The van der Waals surface area contributed by atoms with Crippen molar-refractivity contribution in [3.63, 3.8) is 0 Å². The predicted octanol–water partition coefficient (Wildman–Crippen LogP) is 2.42. The molecule has 1 N–H and O–H groups in total. The number of ether oxygens (including phenoxy) is 3. The molecule has 0 bridgehead atoms. The molecule has 33 heavy (non-hydrogen) atoms. The van der Waals surface area contributed by atoms with Gasteiger partial charge in [0.2, 0.25) is 10.0 Å². The van der Waals surface area contributed by atoms with Gasteiger partial charge in [0.25, 0.3) is 0 Å². The summed E-state index contributed by atoms with van der Waals surface area (Å²) in [5.41, 5.74) is 2.24. The van der Waals surface area contributed by atoms with E-state index >= 15 is 0 Å². The summed E-state index contributed by atoms with van der Waals surface area (Å²) in [6.07, 6.45) is 0. The van der Waals surface area contributed by atoms with Gasteiger partial charge in [0.1, 0.15) is 28.8 Å². The first kappa shape index (κ1) is 24.7. The van der Waals surface area contributed by atoms with Gasteiger partial charge in [-0.1, -0.05) is 6.07 Å². The van der Waals surface area contributed by atoms with Gasteiger partial charge in [-0.05, 0) is 49.2 Å². The summed E-state index contributed by atoms with van der Waals surface area (Å²) >= 11 is 0. The maximum absolute atomic E-state index is 13.2. The summed E-state index contributed by atoms with van der Waals surface area (Å²) in [6, 6.07) is 10.4. The van der Waals surface area contributed by atoms with E-state index in [4.69, 9.17) is 14.2 Å². The van der Waals surface area contributed by atoms with E-state index < -0.39 is 10.0 Å². The molecule has 0 atom stereocenters. The van der Waals surface area contributed by atoms with Gasteiger partial charge in [0.15, 0.2) is 0 Å². The lowest BCUT2D eigenvalue weighted by Crippen LogP contribution is -2.53. The van der Waals surface area contributed by atoms with Crippen LogP contribution in [0.25, 0.3) is 0 Å². The molecule has 9 nitrogen and oxygen atoms in total. The standard InChI is InChI=1S/C23H31N3O6S/c1-17-13-18(2)15-20(14-17)32-12-7-24-23(27)25-8-10-26(11-9-25)33(28,29)22-16-19(30-3)5-6-21(22)31-4/h5-6,13-16H,7-12H2,1-4H3,(H,24,27). The van der Waals surface area contributed by atoms with Crippen molar-refractivity contribution < 1.29 is 27.4 Å². The number of nitrogens with zero attached hydrogens (tertiary/aromatic N) is 2. The second kappa shape index (κ2) is 10.8. The van der Waals surface area contributed by atoms with Crippen LogP contribution < -0.4 is 19.5 Å². The van der Waals surface area contributed by atoms with E-state index in [1.165, 1.54) is 24.6 Å². The Labute approximate surface area is 195 Å². The molecular formula is C23H31N3O6S. The first-order valence-corrected chi connectivity index (χ1v) is 12.1. The monoisotopic (exact) mass is 477 g/mol. The van der Waals surface area contributed by atoms with E-state index in [-0.39, 0.29) is 42.9 Å². The lowest BCUT2D eigenvalue weighted by molar-refractivity contribution is 0.170. The average Bonchev–Trinajstić information content (AvgIpc) is 2.80. The van der Waals surface area contributed by atoms with Gasteiger partial charge in [-0.2, -0.15) is 4.31 Å². The highest BCUT2D eigenvalue weighted by Crippen LogP contribution is 2.31. The van der Waals surface area contributed by atoms with E-state index in [1.54, 1.807) is 17.0 Å². The molecule has 2 amide bonds. The molecular weight excluding hydrogens is 446 g/mol. The Kier molecular flexibility index (Phi) is 8.04. The van der Waals surface area contributed by atoms with E-state index in [9.17, 15) is 13.2 Å². The SMILES string of the molecule is COc1ccc(OC)c(S(=O)(=O)N2CCN(C(=O)NCCOc3cc(C)cc(C)c3)CC2)c1. The second-order valence-electron chi connectivity index (χ2n) is 7.81. The first-order valence-electron chi connectivity index (χ1n) is 10.7. The summed E-state index contributed by atoms with van der Waals surface area (Å²) in [6.45, 7) is 5.66. The van der Waals surface area contributed by atoms with Crippen LogP contribution in [0.1, 0.15) is 11.1 Å². The zero-order chi connectivity index (χ0) is 24.0. The fraction of sp³-hybridized carbons (Fsp3) is 0.435. The molecule has 1 saturated heterocycles. The Hall–Kier alpha value is -2.98. The number of carbonyl (C=O) groups excluding carboxylic acids is 1. The van der Waals surface area contributed by atoms with Crippen molar-refractivity contribution >= 4 is 16.1 Å². The quantitative estimate of drug-likeness (QED) is 0.587. The van der Waals surface area contributed by atoms with Gasteiger partial charge in [0, 0.05) is 32.2 Å². The summed E-state index contributed by atoms with van der Waals surface area (Å²) < 4.78 is 43.8. The van der Waals surface area contributed by atoms with Gasteiger partial charge in [-0.25, -0.2) is 13.2 Å². The van der Waals surface area contributed by atoms with Crippen molar-refractivity contribution in [1.82, 2.24) is 14.5 Å². The molecule has 0 unspecified atom stereocenters. The number of rotatable bonds is 8. The maximum atomic E-state index is 13.2. The fourth-order valence-electron chi connectivity index (χ4n) is 3.71. The summed E-state index contributed by atoms with van der Waals surface area (Å²) in [5.74, 6) is 1.45. The second-order valence-corrected chi connectivity index (χ2v) is 9.72. The summed E-state index contributed by atoms with van der Waals surface area (Å²) in [5, 5.41) is 2.83. The number of aryl methyl sites for hydroxylation is 2. The van der Waals surface area contributed by atoms with Crippen LogP contribution in [0, 0.1) is 13.8 Å². The molecule has 0 saturated carbocycles. The highest BCUT2D eigenvalue weighted by atomic mass is 32.2. The van der Waals surface area contributed by atoms with E-state index in [0.717, 1.165) is 16.9 Å². The molecule has 1 aliphatic rings. The Balaban J connectivity index is 1.51. The molecule has 180 valence electrons. The van der Waals surface area contributed by atoms with Crippen molar-refractivity contribution in [1.29, 1.82) is 0 Å². The zero-order valence-electron chi connectivity index (χ0n) is 19.5. The van der Waals surface area contributed by atoms with Gasteiger partial charge in [0.05, 0.1) is 20.8 Å². The molecule has 3 rings (SSSR count). The van der Waals surface area contributed by atoms with Crippen LogP contribution in [-0.4, -0.2) is 77.2 Å². The molecule has 1 heterocycles. The molecule has 0 aromatic heterocycles. The van der Waals surface area contributed by atoms with E-state index in [2.05, 4.69) is 11.4 Å². The largest absolute Gasteiger partial charge is 0.497 e. The van der Waals surface area contributed by atoms with Crippen molar-refractivity contribution in [2.45, 2.75) is 18.7 Å². The lowest BCUT2D eigenvalue weighted by atomic mass is 10.1. The highest BCUT2D eigenvalue weighted by molar-refractivity contribution is 7.89. The topological polar surface area (TPSA) is 97.4 Å². The molecule has 0 radical (unpaired) electrons. The first-order chi connectivity index (χ1) is 15.7. The third-order valence-corrected chi connectivity index (χ3v) is 7.28. The number of sulfonamides is 1. The van der Waals surface area contributed by atoms with Crippen LogP contribution in [0.3, 0.4) is 0 Å². The number of nitrogens with one attached hydrogen (secondary N) is 1. The predicted molar refractivity (Wildman–Crippen MR) is 125 cm³/mol. The normalized spacial score (nSPS) is 14.6. The number of carbonyl (C=O) groups is 1. The van der Waals surface area contributed by atoms with Crippen molar-refractivity contribution in [3.8, 4) is 17.2 Å². The molecule has 0 aliphatic carbocycles. The fourth-order valence-corrected chi connectivity index (χ4v) is 5.30. The maximum Gasteiger partial charge on any atom is 0.317 e. The van der Waals surface area contributed by atoms with Gasteiger partial charge in [-0.15, -0.1) is 0 Å². The highest BCUT2D eigenvalue weighted by Gasteiger charge is 2.32. The molecule has 10 heteroatoms. The number of benzene rings is 2. The smallest absolute Gasteiger partial charge is 0.317 e. The Morgan fingerprint density at radius 2 is 1.61 bits per heavy atom. The van der Waals surface area contributed by atoms with Crippen LogP contribution >= 0.6 is 0 Å². The van der Waals surface area contributed by atoms with Crippen LogP contribution in [0.15, 0.2) is 41.3 Å². The number of amides is 2. The van der Waals surface area contributed by atoms with Gasteiger partial charge < -0.3 is 24.4 Å². The van der Waals surface area contributed by atoms with Gasteiger partial charge >= 0.3 is 6.03 Å². The summed E-state index contributed by atoms with van der Waals surface area (Å²) in [4.78, 5) is 14.1. The number of urea groups is 1. The van der Waals surface area contributed by atoms with Crippen LogP contribution in [-0.2, 0) is 10.0 Å². The zero-order valence-corrected chi connectivity index (χ0v) is 20.3. The number of hydrogen-bond acceptors (Lipinski definition) is 6. The minimum Gasteiger partial charge on any atom is -0.497 e. The number of hydrogen-bond donors (Lipinski definition) is 1. The van der Waals surface area contributed by atoms with E-state index in [1.807, 2.05) is 26.0 Å². The third-order valence-electron chi connectivity index (χ3n) is 5.36. The van der Waals surface area contributed by atoms with Crippen LogP contribution in [0.2, 0.25) is 0 Å². The number of methoxy groups -OCH3 is 2. The van der Waals surface area contributed by atoms with Gasteiger partial charge in [-0.3, -0.25) is 0 Å². The van der Waals surface area contributed by atoms with Crippen LogP contribution in [0.5, 0.6) is 17.2 Å². The van der Waals surface area contributed by atoms with Crippen molar-refractivity contribution in [2.75, 3.05) is 53.6 Å². The Morgan fingerprint density at radius 3 is 2.21 bits per heavy atom.